The molecule has 2 bridgehead atoms. The van der Waals surface area contributed by atoms with Crippen LogP contribution in [-0.4, -0.2) is 30.8 Å². The number of aromatic amines is 1. The molecule has 6 nitrogen and oxygen atoms in total. The van der Waals surface area contributed by atoms with Crippen molar-refractivity contribution in [3.05, 3.63) is 47.0 Å². The first-order valence-corrected chi connectivity index (χ1v) is 12.5. The van der Waals surface area contributed by atoms with E-state index >= 15 is 0 Å². The number of rotatable bonds is 5. The number of sulfone groups is 1. The molecule has 0 aliphatic heterocycles. The van der Waals surface area contributed by atoms with Crippen LogP contribution in [-0.2, 0) is 16.9 Å². The Morgan fingerprint density at radius 2 is 2.00 bits per heavy atom. The van der Waals surface area contributed by atoms with E-state index in [0.717, 1.165) is 40.6 Å². The maximum absolute atomic E-state index is 12.3. The third-order valence-electron chi connectivity index (χ3n) is 7.05. The fourth-order valence-corrected chi connectivity index (χ4v) is 6.23. The molecule has 1 unspecified atom stereocenters. The summed E-state index contributed by atoms with van der Waals surface area (Å²) >= 11 is 0. The number of nitrogens with one attached hydrogen (secondary N) is 2. The van der Waals surface area contributed by atoms with Crippen LogP contribution in [0.1, 0.15) is 25.7 Å². The maximum atomic E-state index is 12.3. The third kappa shape index (κ3) is 3.25. The monoisotopic (exact) mass is 425 g/mol. The van der Waals surface area contributed by atoms with Gasteiger partial charge in [0.25, 0.3) is 5.56 Å². The Balaban J connectivity index is 1.59. The highest BCUT2D eigenvalue weighted by molar-refractivity contribution is 7.90. The zero-order valence-corrected chi connectivity index (χ0v) is 18.1. The van der Waals surface area contributed by atoms with E-state index in [4.69, 9.17) is 0 Å². The van der Waals surface area contributed by atoms with Gasteiger partial charge >= 0.3 is 0 Å². The second-order valence-electron chi connectivity index (χ2n) is 9.02. The molecule has 5 rings (SSSR count). The van der Waals surface area contributed by atoms with Gasteiger partial charge in [0.05, 0.1) is 4.90 Å². The van der Waals surface area contributed by atoms with E-state index in [1.807, 2.05) is 25.4 Å². The van der Waals surface area contributed by atoms with Crippen LogP contribution >= 0.6 is 0 Å². The third-order valence-corrected chi connectivity index (χ3v) is 8.16. The van der Waals surface area contributed by atoms with Crippen molar-refractivity contribution in [2.45, 2.75) is 30.6 Å². The zero-order chi connectivity index (χ0) is 21.0. The SMILES string of the molecule is Cn1cc(-c2cc(S(C)(=O)=O)ccc2NCC2C[C@@H]3CC[C@H]2C3)c2cc[nH]c(=O)c21. The number of benzene rings is 1. The number of nitrogens with zero attached hydrogens (tertiary/aromatic N) is 1. The van der Waals surface area contributed by atoms with Gasteiger partial charge in [-0.05, 0) is 61.3 Å². The lowest BCUT2D eigenvalue weighted by Gasteiger charge is -2.23. The fraction of sp³-hybridized carbons (Fsp3) is 0.435. The van der Waals surface area contributed by atoms with E-state index in [1.54, 1.807) is 22.9 Å². The molecule has 2 saturated carbocycles. The molecule has 30 heavy (non-hydrogen) atoms. The van der Waals surface area contributed by atoms with Crippen LogP contribution in [0.5, 0.6) is 0 Å². The molecule has 2 aliphatic rings. The number of aromatic nitrogens is 2. The quantitative estimate of drug-likeness (QED) is 0.652. The number of anilines is 1. The second kappa shape index (κ2) is 7.01. The molecule has 7 heteroatoms. The lowest BCUT2D eigenvalue weighted by Crippen LogP contribution is -2.20. The van der Waals surface area contributed by atoms with Crippen LogP contribution in [0.2, 0.25) is 0 Å². The molecule has 2 heterocycles. The number of H-pyrrole nitrogens is 1. The molecule has 0 amide bonds. The van der Waals surface area contributed by atoms with Crippen LogP contribution < -0.4 is 10.9 Å². The van der Waals surface area contributed by atoms with Gasteiger partial charge < -0.3 is 14.9 Å². The van der Waals surface area contributed by atoms with E-state index in [0.29, 0.717) is 11.4 Å². The molecule has 0 spiro atoms. The van der Waals surface area contributed by atoms with E-state index in [-0.39, 0.29) is 10.5 Å². The summed E-state index contributed by atoms with van der Waals surface area (Å²) < 4.78 is 26.2. The van der Waals surface area contributed by atoms with Gasteiger partial charge in [0.1, 0.15) is 5.52 Å². The van der Waals surface area contributed by atoms with Crippen molar-refractivity contribution in [1.29, 1.82) is 0 Å². The summed E-state index contributed by atoms with van der Waals surface area (Å²) in [7, 11) is -1.51. The Labute approximate surface area is 176 Å². The maximum Gasteiger partial charge on any atom is 0.272 e. The van der Waals surface area contributed by atoms with Crippen LogP contribution in [0.25, 0.3) is 22.0 Å². The predicted molar refractivity (Wildman–Crippen MR) is 120 cm³/mol. The molecule has 2 N–H and O–H groups in total. The second-order valence-corrected chi connectivity index (χ2v) is 11.0. The Kier molecular flexibility index (Phi) is 4.54. The largest absolute Gasteiger partial charge is 0.384 e. The number of hydrogen-bond acceptors (Lipinski definition) is 4. The van der Waals surface area contributed by atoms with Gasteiger partial charge in [0.15, 0.2) is 9.84 Å². The molecule has 0 radical (unpaired) electrons. The molecule has 2 aromatic heterocycles. The lowest BCUT2D eigenvalue weighted by molar-refractivity contribution is 0.348. The number of pyridine rings is 1. The smallest absolute Gasteiger partial charge is 0.272 e. The van der Waals surface area contributed by atoms with Crippen LogP contribution in [0.4, 0.5) is 5.69 Å². The standard InChI is InChI=1S/C23H27N3O3S/c1-26-13-20(18-7-8-24-23(27)22(18)26)19-11-17(30(2,28)29)5-6-21(19)25-12-16-10-14-3-4-15(16)9-14/h5-8,11,13-16,25H,3-4,9-10,12H2,1-2H3,(H,24,27)/t14-,15+,16?/m1/s1. The molecular weight excluding hydrogens is 398 g/mol. The Hall–Kier alpha value is -2.54. The van der Waals surface area contributed by atoms with Crippen molar-refractivity contribution in [3.63, 3.8) is 0 Å². The first-order valence-electron chi connectivity index (χ1n) is 10.6. The van der Waals surface area contributed by atoms with E-state index in [1.165, 1.54) is 31.9 Å². The first-order chi connectivity index (χ1) is 14.3. The zero-order valence-electron chi connectivity index (χ0n) is 17.3. The summed E-state index contributed by atoms with van der Waals surface area (Å²) in [6, 6.07) is 7.14. The summed E-state index contributed by atoms with van der Waals surface area (Å²) in [6.45, 7) is 0.901. The first kappa shape index (κ1) is 19.4. The minimum atomic E-state index is -3.34. The summed E-state index contributed by atoms with van der Waals surface area (Å²) in [5.74, 6) is 2.39. The molecule has 2 aliphatic carbocycles. The van der Waals surface area contributed by atoms with Crippen molar-refractivity contribution in [3.8, 4) is 11.1 Å². The number of aryl methyl sites for hydroxylation is 1. The molecule has 0 saturated heterocycles. The summed E-state index contributed by atoms with van der Waals surface area (Å²) in [5, 5.41) is 4.43. The van der Waals surface area contributed by atoms with Crippen molar-refractivity contribution in [2.24, 2.45) is 24.8 Å². The van der Waals surface area contributed by atoms with Crippen molar-refractivity contribution in [1.82, 2.24) is 9.55 Å². The summed E-state index contributed by atoms with van der Waals surface area (Å²) in [5.41, 5.74) is 3.02. The molecule has 2 fully saturated rings. The van der Waals surface area contributed by atoms with Gasteiger partial charge in [-0.2, -0.15) is 0 Å². The molecule has 1 aromatic carbocycles. The highest BCUT2D eigenvalue weighted by Crippen LogP contribution is 2.48. The summed E-state index contributed by atoms with van der Waals surface area (Å²) in [4.78, 5) is 15.3. The van der Waals surface area contributed by atoms with Gasteiger partial charge in [0.2, 0.25) is 0 Å². The average Bonchev–Trinajstić information content (AvgIpc) is 3.40. The molecule has 3 aromatic rings. The fourth-order valence-electron chi connectivity index (χ4n) is 5.58. The van der Waals surface area contributed by atoms with Crippen molar-refractivity contribution < 1.29 is 8.42 Å². The predicted octanol–water partition coefficient (Wildman–Crippen LogP) is 3.79. The van der Waals surface area contributed by atoms with Gasteiger partial charge in [-0.25, -0.2) is 8.42 Å². The van der Waals surface area contributed by atoms with Crippen LogP contribution in [0, 0.1) is 17.8 Å². The van der Waals surface area contributed by atoms with Crippen molar-refractivity contribution >= 4 is 26.4 Å². The van der Waals surface area contributed by atoms with Gasteiger partial charge in [-0.1, -0.05) is 6.42 Å². The minimum Gasteiger partial charge on any atom is -0.384 e. The highest BCUT2D eigenvalue weighted by Gasteiger charge is 2.39. The Morgan fingerprint density at radius 1 is 1.17 bits per heavy atom. The highest BCUT2D eigenvalue weighted by atomic mass is 32.2. The lowest BCUT2D eigenvalue weighted by atomic mass is 9.88. The van der Waals surface area contributed by atoms with E-state index < -0.39 is 9.84 Å². The van der Waals surface area contributed by atoms with Gasteiger partial charge in [0, 0.05) is 54.4 Å². The normalized spacial score (nSPS) is 23.3. The van der Waals surface area contributed by atoms with Gasteiger partial charge in [-0.15, -0.1) is 0 Å². The Bertz CT molecular complexity index is 1290. The average molecular weight is 426 g/mol. The molecular formula is C23H27N3O3S. The van der Waals surface area contributed by atoms with Crippen LogP contribution in [0.15, 0.2) is 46.3 Å². The van der Waals surface area contributed by atoms with Crippen molar-refractivity contribution in [2.75, 3.05) is 18.1 Å². The summed E-state index contributed by atoms with van der Waals surface area (Å²) in [6.07, 6.45) is 10.1. The molecule has 158 valence electrons. The van der Waals surface area contributed by atoms with Crippen LogP contribution in [0.3, 0.4) is 0 Å². The van der Waals surface area contributed by atoms with Gasteiger partial charge in [-0.3, -0.25) is 4.79 Å². The topological polar surface area (TPSA) is 84.0 Å². The minimum absolute atomic E-state index is 0.156. The molecule has 3 atom stereocenters. The van der Waals surface area contributed by atoms with E-state index in [9.17, 15) is 13.2 Å². The number of hydrogen-bond donors (Lipinski definition) is 2. The number of fused-ring (bicyclic) bond motifs is 3. The Morgan fingerprint density at radius 3 is 2.70 bits per heavy atom. The van der Waals surface area contributed by atoms with E-state index in [2.05, 4.69) is 10.3 Å².